The van der Waals surface area contributed by atoms with Gasteiger partial charge in [-0.1, -0.05) is 38.0 Å². The number of carbonyl (C=O) groups excluding carboxylic acids is 2. The van der Waals surface area contributed by atoms with Crippen LogP contribution < -0.4 is 0 Å². The molecule has 0 aromatic rings. The maximum Gasteiger partial charge on any atom is 0.447 e. The van der Waals surface area contributed by atoms with E-state index >= 15 is 0 Å². The molecule has 0 rings (SSSR count). The molecule has 0 spiro atoms. The molecule has 2 amide bonds. The molecule has 8 nitrogen and oxygen atoms in total. The lowest BCUT2D eigenvalue weighted by atomic mass is 10.6. The van der Waals surface area contributed by atoms with Crippen LogP contribution in [0.4, 0.5) is 9.59 Å². The quantitative estimate of drug-likeness (QED) is 0.207. The molecular weight excluding hydrogens is 384 g/mol. The van der Waals surface area contributed by atoms with E-state index in [2.05, 4.69) is 10.3 Å². The van der Waals surface area contributed by atoms with Crippen LogP contribution in [0.2, 0.25) is 0 Å². The highest BCUT2D eigenvalue weighted by atomic mass is 32.2. The van der Waals surface area contributed by atoms with Crippen LogP contribution in [-0.2, 0) is 9.68 Å². The van der Waals surface area contributed by atoms with Gasteiger partial charge in [-0.15, -0.1) is 23.5 Å². The van der Waals surface area contributed by atoms with Crippen molar-refractivity contribution in [2.24, 2.45) is 10.3 Å². The summed E-state index contributed by atoms with van der Waals surface area (Å²) < 4.78 is 2.25. The van der Waals surface area contributed by atoms with E-state index in [4.69, 9.17) is 9.68 Å². The standard InChI is InChI=1S/C14H26N4O4S3/c1-9(2)23-11(5)15-21-13(19)17(7)25-18(8)14(20)22-16-12(6)24-10(3)4/h9-10H,1-8H3/b15-11+,16-12+. The molecule has 0 aliphatic rings. The van der Waals surface area contributed by atoms with Crippen molar-refractivity contribution in [1.82, 2.24) is 8.61 Å². The average Bonchev–Trinajstić information content (AvgIpc) is 2.48. The van der Waals surface area contributed by atoms with E-state index in [-0.39, 0.29) is 0 Å². The van der Waals surface area contributed by atoms with E-state index in [1.54, 1.807) is 13.8 Å². The number of oxime groups is 2. The molecule has 11 heteroatoms. The van der Waals surface area contributed by atoms with Crippen molar-refractivity contribution in [3.05, 3.63) is 0 Å². The first kappa shape index (κ1) is 23.9. The van der Waals surface area contributed by atoms with Gasteiger partial charge in [-0.05, 0) is 13.8 Å². The Balaban J connectivity index is 4.41. The predicted molar refractivity (Wildman–Crippen MR) is 108 cm³/mol. The molecule has 0 heterocycles. The summed E-state index contributed by atoms with van der Waals surface area (Å²) in [6.45, 7) is 11.6. The van der Waals surface area contributed by atoms with E-state index in [0.717, 1.165) is 20.7 Å². The molecule has 0 fully saturated rings. The van der Waals surface area contributed by atoms with Crippen molar-refractivity contribution in [2.75, 3.05) is 14.1 Å². The highest BCUT2D eigenvalue weighted by Crippen LogP contribution is 2.17. The van der Waals surface area contributed by atoms with Crippen molar-refractivity contribution in [3.63, 3.8) is 0 Å². The molecule has 0 saturated carbocycles. The molecule has 0 aromatic heterocycles. The largest absolute Gasteiger partial charge is 0.447 e. The van der Waals surface area contributed by atoms with E-state index < -0.39 is 12.2 Å². The van der Waals surface area contributed by atoms with Gasteiger partial charge in [0.05, 0.1) is 12.1 Å². The highest BCUT2D eigenvalue weighted by Gasteiger charge is 2.19. The average molecular weight is 411 g/mol. The van der Waals surface area contributed by atoms with E-state index in [1.807, 2.05) is 27.7 Å². The maximum atomic E-state index is 11.8. The fourth-order valence-electron chi connectivity index (χ4n) is 1.30. The molecule has 0 N–H and O–H groups in total. The zero-order chi connectivity index (χ0) is 19.6. The van der Waals surface area contributed by atoms with Gasteiger partial charge in [0.1, 0.15) is 10.1 Å². The molecule has 0 bridgehead atoms. The first-order valence-electron chi connectivity index (χ1n) is 7.52. The Bertz CT molecular complexity index is 468. The minimum atomic E-state index is -0.705. The van der Waals surface area contributed by atoms with E-state index in [9.17, 15) is 9.59 Å². The monoisotopic (exact) mass is 410 g/mol. The Morgan fingerprint density at radius 3 is 1.40 bits per heavy atom. The molecular formula is C14H26N4O4S3. The van der Waals surface area contributed by atoms with Gasteiger partial charge in [0.25, 0.3) is 0 Å². The number of hydrogen-bond acceptors (Lipinski definition) is 9. The van der Waals surface area contributed by atoms with E-state index in [0.29, 0.717) is 20.6 Å². The second-order valence-electron chi connectivity index (χ2n) is 5.34. The normalized spacial score (nSPS) is 12.4. The highest BCUT2D eigenvalue weighted by molar-refractivity contribution is 8.14. The first-order chi connectivity index (χ1) is 11.5. The van der Waals surface area contributed by atoms with Crippen LogP contribution in [-0.4, -0.2) is 55.5 Å². The summed E-state index contributed by atoms with van der Waals surface area (Å²) in [7, 11) is 2.92. The zero-order valence-corrected chi connectivity index (χ0v) is 18.3. The molecule has 0 aliphatic carbocycles. The van der Waals surface area contributed by atoms with Crippen molar-refractivity contribution in [2.45, 2.75) is 52.0 Å². The Kier molecular flexibility index (Phi) is 11.8. The second kappa shape index (κ2) is 12.3. The summed E-state index contributed by atoms with van der Waals surface area (Å²) in [6, 6.07) is 0. The van der Waals surface area contributed by atoms with Gasteiger partial charge in [0.15, 0.2) is 0 Å². The van der Waals surface area contributed by atoms with Gasteiger partial charge in [0.2, 0.25) is 0 Å². The second-order valence-corrected chi connectivity index (χ2v) is 10.1. The summed E-state index contributed by atoms with van der Waals surface area (Å²) in [5, 5.41) is 9.44. The summed E-state index contributed by atoms with van der Waals surface area (Å²) >= 11 is 3.79. The zero-order valence-electron chi connectivity index (χ0n) is 15.8. The topological polar surface area (TPSA) is 83.8 Å². The number of hydrogen-bond donors (Lipinski definition) is 0. The Morgan fingerprint density at radius 2 is 1.12 bits per heavy atom. The van der Waals surface area contributed by atoms with Gasteiger partial charge < -0.3 is 0 Å². The van der Waals surface area contributed by atoms with Gasteiger partial charge >= 0.3 is 12.2 Å². The fraction of sp³-hybridized carbons (Fsp3) is 0.714. The number of nitrogens with zero attached hydrogens (tertiary/aromatic N) is 4. The van der Waals surface area contributed by atoms with Crippen molar-refractivity contribution >= 4 is 57.9 Å². The number of amides is 2. The van der Waals surface area contributed by atoms with Crippen LogP contribution in [0, 0.1) is 0 Å². The van der Waals surface area contributed by atoms with Crippen molar-refractivity contribution in [1.29, 1.82) is 0 Å². The smallest absolute Gasteiger partial charge is 0.296 e. The van der Waals surface area contributed by atoms with Crippen LogP contribution in [0.5, 0.6) is 0 Å². The summed E-state index contributed by atoms with van der Waals surface area (Å²) in [4.78, 5) is 33.3. The van der Waals surface area contributed by atoms with Gasteiger partial charge in [-0.2, -0.15) is 0 Å². The van der Waals surface area contributed by atoms with Crippen LogP contribution in [0.25, 0.3) is 0 Å². The molecule has 0 unspecified atom stereocenters. The minimum absolute atomic E-state index is 0.341. The number of rotatable bonds is 6. The lowest BCUT2D eigenvalue weighted by molar-refractivity contribution is 0.131. The Hall–Kier alpha value is -1.07. The Labute approximate surface area is 162 Å². The lowest BCUT2D eigenvalue weighted by Crippen LogP contribution is -2.28. The molecule has 0 aromatic carbocycles. The third-order valence-corrected chi connectivity index (χ3v) is 4.64. The summed E-state index contributed by atoms with van der Waals surface area (Å²) in [5.41, 5.74) is 0. The van der Waals surface area contributed by atoms with E-state index in [1.165, 1.54) is 37.6 Å². The van der Waals surface area contributed by atoms with Gasteiger partial charge in [0, 0.05) is 24.6 Å². The summed E-state index contributed by atoms with van der Waals surface area (Å²) in [5.74, 6) is 0. The van der Waals surface area contributed by atoms with Crippen LogP contribution >= 0.6 is 35.7 Å². The maximum absolute atomic E-state index is 11.8. The fourth-order valence-corrected chi connectivity index (χ4v) is 3.39. The minimum Gasteiger partial charge on any atom is -0.296 e. The molecule has 0 saturated heterocycles. The molecule has 144 valence electrons. The molecule has 0 atom stereocenters. The first-order valence-corrected chi connectivity index (χ1v) is 10.0. The van der Waals surface area contributed by atoms with Crippen LogP contribution in [0.15, 0.2) is 10.3 Å². The third-order valence-electron chi connectivity index (χ3n) is 2.08. The predicted octanol–water partition coefficient (Wildman–Crippen LogP) is 4.64. The summed E-state index contributed by atoms with van der Waals surface area (Å²) in [6.07, 6.45) is -1.41. The molecule has 0 radical (unpaired) electrons. The van der Waals surface area contributed by atoms with Gasteiger partial charge in [-0.3, -0.25) is 9.68 Å². The number of thioether (sulfide) groups is 2. The molecule has 25 heavy (non-hydrogen) atoms. The Morgan fingerprint density at radius 1 is 0.800 bits per heavy atom. The molecule has 0 aliphatic heterocycles. The van der Waals surface area contributed by atoms with Crippen LogP contribution in [0.1, 0.15) is 41.5 Å². The lowest BCUT2D eigenvalue weighted by Gasteiger charge is -2.19. The third kappa shape index (κ3) is 12.0. The van der Waals surface area contributed by atoms with Crippen LogP contribution in [0.3, 0.4) is 0 Å². The van der Waals surface area contributed by atoms with Gasteiger partial charge in [-0.25, -0.2) is 18.2 Å². The SMILES string of the molecule is C/C(=N\OC(=O)N(C)SN(C)C(=O)O/N=C(\C)SC(C)C)SC(C)C. The van der Waals surface area contributed by atoms with Crippen molar-refractivity contribution < 1.29 is 19.3 Å². The number of carbonyl (C=O) groups is 2. The van der Waals surface area contributed by atoms with Crippen molar-refractivity contribution in [3.8, 4) is 0 Å².